The first-order valence-electron chi connectivity index (χ1n) is 14.4. The van der Waals surface area contributed by atoms with Gasteiger partial charge in [0, 0.05) is 34.0 Å². The SMILES string of the molecule is COC(=O)OCOc1c2n(ccc1=O)N(C1c3ccccc3SC3(CCCC3)c3c1ccc(F)c3F)C1COCCN1C2=O. The van der Waals surface area contributed by atoms with Crippen molar-refractivity contribution < 1.29 is 37.3 Å². The van der Waals surface area contributed by atoms with Gasteiger partial charge in [-0.3, -0.25) is 19.3 Å². The molecule has 13 heteroatoms. The molecule has 1 saturated heterocycles. The lowest BCUT2D eigenvalue weighted by Gasteiger charge is -2.51. The highest BCUT2D eigenvalue weighted by Gasteiger charge is 2.50. The fourth-order valence-corrected chi connectivity index (χ4v) is 8.59. The Morgan fingerprint density at radius 3 is 2.68 bits per heavy atom. The molecule has 10 nitrogen and oxygen atoms in total. The van der Waals surface area contributed by atoms with Crippen LogP contribution in [0.2, 0.25) is 0 Å². The van der Waals surface area contributed by atoms with Crippen molar-refractivity contribution in [3.05, 3.63) is 92.9 Å². The fourth-order valence-electron chi connectivity index (χ4n) is 6.92. The average molecular weight is 626 g/mol. The number of ether oxygens (including phenoxy) is 4. The summed E-state index contributed by atoms with van der Waals surface area (Å²) in [6.07, 6.45) is 2.94. The highest BCUT2D eigenvalue weighted by molar-refractivity contribution is 8.00. The summed E-state index contributed by atoms with van der Waals surface area (Å²) in [7, 11) is 1.13. The summed E-state index contributed by atoms with van der Waals surface area (Å²) in [4.78, 5) is 41.2. The maximum Gasteiger partial charge on any atom is 0.510 e. The number of aromatic nitrogens is 1. The second kappa shape index (κ2) is 11.1. The Bertz CT molecular complexity index is 1710. The quantitative estimate of drug-likeness (QED) is 0.303. The summed E-state index contributed by atoms with van der Waals surface area (Å²) in [6, 6.07) is 11.1. The van der Waals surface area contributed by atoms with Gasteiger partial charge in [0.25, 0.3) is 5.91 Å². The van der Waals surface area contributed by atoms with Gasteiger partial charge >= 0.3 is 6.16 Å². The molecule has 1 amide bonds. The Morgan fingerprint density at radius 1 is 1.09 bits per heavy atom. The Kier molecular flexibility index (Phi) is 7.24. The first kappa shape index (κ1) is 28.7. The van der Waals surface area contributed by atoms with Crippen molar-refractivity contribution >= 4 is 23.8 Å². The number of hydrogen-bond donors (Lipinski definition) is 0. The summed E-state index contributed by atoms with van der Waals surface area (Å²) in [5.74, 6) is -2.58. The zero-order valence-corrected chi connectivity index (χ0v) is 24.6. The third-order valence-corrected chi connectivity index (χ3v) is 10.4. The molecule has 2 unspecified atom stereocenters. The molecule has 0 N–H and O–H groups in total. The van der Waals surface area contributed by atoms with Gasteiger partial charge in [-0.05, 0) is 36.1 Å². The van der Waals surface area contributed by atoms with Gasteiger partial charge < -0.3 is 23.8 Å². The standard InChI is InChI=1S/C31H29F2N3O7S/c1-40-30(39)43-17-42-28-21(37)10-13-35-27(28)29(38)34-14-15-41-16-23(34)36(35)26-18-6-2-3-7-22(18)44-31(11-4-5-12-31)24-19(26)8-9-20(32)25(24)33/h2-3,6-10,13,23,26H,4-5,11-12,14-17H2,1H3. The third kappa shape index (κ3) is 4.43. The van der Waals surface area contributed by atoms with Gasteiger partial charge in [-0.1, -0.05) is 37.1 Å². The predicted octanol–water partition coefficient (Wildman–Crippen LogP) is 4.66. The number of hydrogen-bond acceptors (Lipinski definition) is 9. The minimum atomic E-state index is -1.02. The van der Waals surface area contributed by atoms with E-state index in [0.717, 1.165) is 36.5 Å². The van der Waals surface area contributed by atoms with Gasteiger partial charge in [-0.25, -0.2) is 13.6 Å². The fraction of sp³-hybridized carbons (Fsp3) is 0.387. The van der Waals surface area contributed by atoms with Crippen molar-refractivity contribution in [2.75, 3.05) is 38.7 Å². The van der Waals surface area contributed by atoms with Crippen LogP contribution in [0.4, 0.5) is 13.6 Å². The smallest absolute Gasteiger partial charge is 0.451 e. The summed E-state index contributed by atoms with van der Waals surface area (Å²) in [6.45, 7) is -0.0449. The molecule has 3 aromatic rings. The third-order valence-electron chi connectivity index (χ3n) is 8.77. The molecular formula is C31H29F2N3O7S. The van der Waals surface area contributed by atoms with Gasteiger partial charge in [0.15, 0.2) is 17.3 Å². The number of pyridine rings is 1. The number of amides is 1. The molecular weight excluding hydrogens is 596 g/mol. The summed E-state index contributed by atoms with van der Waals surface area (Å²) in [5, 5.41) is 1.88. The molecule has 1 aliphatic carbocycles. The van der Waals surface area contributed by atoms with Gasteiger partial charge in [0.2, 0.25) is 18.0 Å². The Balaban J connectivity index is 1.48. The monoisotopic (exact) mass is 625 g/mol. The van der Waals surface area contributed by atoms with E-state index in [4.69, 9.17) is 14.2 Å². The van der Waals surface area contributed by atoms with Crippen LogP contribution in [-0.2, 0) is 19.0 Å². The Hall–Kier alpha value is -4.10. The minimum absolute atomic E-state index is 0.0850. The first-order chi connectivity index (χ1) is 21.3. The lowest BCUT2D eigenvalue weighted by molar-refractivity contribution is -0.0209. The number of nitrogens with zero attached hydrogens (tertiary/aromatic N) is 3. The topological polar surface area (TPSA) is 99.5 Å². The van der Waals surface area contributed by atoms with Crippen LogP contribution >= 0.6 is 11.8 Å². The number of carbonyl (C=O) groups is 2. The number of morpholine rings is 1. The molecule has 4 heterocycles. The van der Waals surface area contributed by atoms with Crippen LogP contribution in [0.15, 0.2) is 58.4 Å². The molecule has 0 bridgehead atoms. The molecule has 44 heavy (non-hydrogen) atoms. The van der Waals surface area contributed by atoms with Crippen LogP contribution in [0.3, 0.4) is 0 Å². The van der Waals surface area contributed by atoms with Crippen LogP contribution in [0.5, 0.6) is 5.75 Å². The zero-order chi connectivity index (χ0) is 30.6. The second-order valence-corrected chi connectivity index (χ2v) is 12.5. The Morgan fingerprint density at radius 2 is 1.89 bits per heavy atom. The molecule has 3 aliphatic heterocycles. The first-order valence-corrected chi connectivity index (χ1v) is 15.2. The van der Waals surface area contributed by atoms with E-state index in [2.05, 4.69) is 4.74 Å². The summed E-state index contributed by atoms with van der Waals surface area (Å²) >= 11 is 1.56. The number of rotatable bonds is 4. The lowest BCUT2D eigenvalue weighted by Crippen LogP contribution is -2.66. The maximum absolute atomic E-state index is 16.2. The van der Waals surface area contributed by atoms with Crippen molar-refractivity contribution in [2.24, 2.45) is 0 Å². The van der Waals surface area contributed by atoms with Gasteiger partial charge in [-0.15, -0.1) is 11.8 Å². The van der Waals surface area contributed by atoms with Crippen molar-refractivity contribution in [3.8, 4) is 5.75 Å². The molecule has 4 aliphatic rings. The Labute approximate surface area is 255 Å². The highest BCUT2D eigenvalue weighted by Crippen LogP contribution is 2.59. The molecule has 7 rings (SSSR count). The van der Waals surface area contributed by atoms with Gasteiger partial charge in [0.05, 0.1) is 26.4 Å². The normalized spacial score (nSPS) is 21.6. The number of halogens is 2. The number of thioether (sulfide) groups is 1. The van der Waals surface area contributed by atoms with Crippen molar-refractivity contribution in [1.29, 1.82) is 0 Å². The predicted molar refractivity (Wildman–Crippen MR) is 154 cm³/mol. The molecule has 1 saturated carbocycles. The molecule has 230 valence electrons. The van der Waals surface area contributed by atoms with Gasteiger partial charge in [-0.2, -0.15) is 0 Å². The largest absolute Gasteiger partial charge is 0.510 e. The average Bonchev–Trinajstić information content (AvgIpc) is 3.46. The van der Waals surface area contributed by atoms with Crippen molar-refractivity contribution in [3.63, 3.8) is 0 Å². The van der Waals surface area contributed by atoms with Crippen molar-refractivity contribution in [1.82, 2.24) is 9.58 Å². The summed E-state index contributed by atoms with van der Waals surface area (Å²) in [5.41, 5.74) is 1.06. The van der Waals surface area contributed by atoms with Crippen LogP contribution in [-0.4, -0.2) is 61.5 Å². The van der Waals surface area contributed by atoms with E-state index in [1.54, 1.807) is 22.7 Å². The molecule has 1 spiro atoms. The highest BCUT2D eigenvalue weighted by atomic mass is 32.2. The lowest BCUT2D eigenvalue weighted by atomic mass is 9.85. The van der Waals surface area contributed by atoms with Crippen LogP contribution in [0.25, 0.3) is 0 Å². The molecule has 1 aromatic heterocycles. The van der Waals surface area contributed by atoms with E-state index in [0.29, 0.717) is 24.0 Å². The summed E-state index contributed by atoms with van der Waals surface area (Å²) < 4.78 is 52.9. The molecule has 2 atom stereocenters. The number of fused-ring (bicyclic) bond motifs is 5. The minimum Gasteiger partial charge on any atom is -0.451 e. The van der Waals surface area contributed by atoms with Gasteiger partial charge in [0.1, 0.15) is 6.17 Å². The van der Waals surface area contributed by atoms with Crippen molar-refractivity contribution in [2.45, 2.75) is 47.5 Å². The maximum atomic E-state index is 16.2. The van der Waals surface area contributed by atoms with E-state index in [-0.39, 0.29) is 31.2 Å². The number of benzene rings is 2. The zero-order valence-electron chi connectivity index (χ0n) is 23.8. The van der Waals surface area contributed by atoms with E-state index >= 15 is 8.78 Å². The number of methoxy groups -OCH3 is 1. The van der Waals surface area contributed by atoms with Crippen LogP contribution in [0.1, 0.15) is 58.9 Å². The molecule has 2 fully saturated rings. The van der Waals surface area contributed by atoms with Crippen LogP contribution < -0.4 is 15.2 Å². The second-order valence-electron chi connectivity index (χ2n) is 11.1. The van der Waals surface area contributed by atoms with E-state index in [1.165, 1.54) is 16.9 Å². The van der Waals surface area contributed by atoms with E-state index in [9.17, 15) is 14.4 Å². The molecule has 2 aromatic carbocycles. The van der Waals surface area contributed by atoms with Crippen LogP contribution in [0, 0.1) is 11.6 Å². The van der Waals surface area contributed by atoms with E-state index < -0.39 is 52.9 Å². The number of carbonyl (C=O) groups excluding carboxylic acids is 2. The molecule has 0 radical (unpaired) electrons. The van der Waals surface area contributed by atoms with E-state index in [1.807, 2.05) is 29.3 Å².